The van der Waals surface area contributed by atoms with Gasteiger partial charge in [0.15, 0.2) is 0 Å². The predicted molar refractivity (Wildman–Crippen MR) is 43.4 cm³/mol. The highest BCUT2D eigenvalue weighted by molar-refractivity contribution is 4.90. The second kappa shape index (κ2) is 3.35. The lowest BCUT2D eigenvalue weighted by Crippen LogP contribution is -2.46. The molecule has 0 atom stereocenters. The molecule has 2 heteroatoms. The predicted octanol–water partition coefficient (Wildman–Crippen LogP) is 1.56. The molecule has 1 aliphatic rings. The van der Waals surface area contributed by atoms with Gasteiger partial charge in [-0.25, -0.2) is 0 Å². The fraction of sp³-hybridized carbons (Fsp3) is 1.00. The van der Waals surface area contributed by atoms with Gasteiger partial charge in [0.1, 0.15) is 0 Å². The Morgan fingerprint density at radius 1 is 1.40 bits per heavy atom. The summed E-state index contributed by atoms with van der Waals surface area (Å²) in [5.74, 6) is 5.50. The molecule has 1 saturated carbocycles. The second-order valence-corrected chi connectivity index (χ2v) is 3.38. The highest BCUT2D eigenvalue weighted by Gasteiger charge is 2.30. The van der Waals surface area contributed by atoms with Crippen molar-refractivity contribution in [3.05, 3.63) is 0 Å². The van der Waals surface area contributed by atoms with Gasteiger partial charge in [0, 0.05) is 5.54 Å². The minimum absolute atomic E-state index is 0.314. The quantitative estimate of drug-likeness (QED) is 0.463. The van der Waals surface area contributed by atoms with Gasteiger partial charge in [-0.3, -0.25) is 11.3 Å². The number of nitrogens with two attached hydrogens (primary N) is 1. The van der Waals surface area contributed by atoms with E-state index in [2.05, 4.69) is 12.3 Å². The maximum atomic E-state index is 5.50. The van der Waals surface area contributed by atoms with Crippen molar-refractivity contribution in [2.24, 2.45) is 5.84 Å². The molecule has 3 N–H and O–H groups in total. The SMILES string of the molecule is CCCC1(NN)CCCC1. The first kappa shape index (κ1) is 8.02. The van der Waals surface area contributed by atoms with Gasteiger partial charge in [-0.15, -0.1) is 0 Å². The van der Waals surface area contributed by atoms with Crippen molar-refractivity contribution in [2.45, 2.75) is 51.0 Å². The third kappa shape index (κ3) is 1.50. The van der Waals surface area contributed by atoms with Crippen LogP contribution >= 0.6 is 0 Å². The van der Waals surface area contributed by atoms with Crippen molar-refractivity contribution < 1.29 is 0 Å². The van der Waals surface area contributed by atoms with E-state index < -0.39 is 0 Å². The Kier molecular flexibility index (Phi) is 2.69. The fourth-order valence-corrected chi connectivity index (χ4v) is 2.00. The molecule has 60 valence electrons. The molecule has 10 heavy (non-hydrogen) atoms. The van der Waals surface area contributed by atoms with Gasteiger partial charge in [0.05, 0.1) is 0 Å². The summed E-state index contributed by atoms with van der Waals surface area (Å²) in [4.78, 5) is 0. The average molecular weight is 142 g/mol. The number of hydrogen-bond acceptors (Lipinski definition) is 2. The van der Waals surface area contributed by atoms with Crippen molar-refractivity contribution in [3.63, 3.8) is 0 Å². The summed E-state index contributed by atoms with van der Waals surface area (Å²) in [5, 5.41) is 0. The largest absolute Gasteiger partial charge is 0.271 e. The Bertz CT molecular complexity index is 95.4. The molecule has 2 nitrogen and oxygen atoms in total. The van der Waals surface area contributed by atoms with E-state index >= 15 is 0 Å². The molecule has 0 spiro atoms. The van der Waals surface area contributed by atoms with Crippen LogP contribution in [0.1, 0.15) is 45.4 Å². The Labute approximate surface area is 63.1 Å². The lowest BCUT2D eigenvalue weighted by atomic mass is 9.93. The normalized spacial score (nSPS) is 23.4. The maximum Gasteiger partial charge on any atom is 0.0321 e. The van der Waals surface area contributed by atoms with Crippen molar-refractivity contribution in [2.75, 3.05) is 0 Å². The Morgan fingerprint density at radius 3 is 2.40 bits per heavy atom. The molecule has 0 heterocycles. The number of rotatable bonds is 3. The Morgan fingerprint density at radius 2 is 2.00 bits per heavy atom. The van der Waals surface area contributed by atoms with E-state index in [1.165, 1.54) is 38.5 Å². The van der Waals surface area contributed by atoms with Crippen LogP contribution in [0.25, 0.3) is 0 Å². The van der Waals surface area contributed by atoms with Gasteiger partial charge in [-0.2, -0.15) is 0 Å². The topological polar surface area (TPSA) is 38.0 Å². The molecule has 0 unspecified atom stereocenters. The van der Waals surface area contributed by atoms with Gasteiger partial charge in [-0.1, -0.05) is 26.2 Å². The zero-order chi connectivity index (χ0) is 7.45. The van der Waals surface area contributed by atoms with Crippen molar-refractivity contribution in [1.29, 1.82) is 0 Å². The van der Waals surface area contributed by atoms with Crippen LogP contribution in [0.2, 0.25) is 0 Å². The Balaban J connectivity index is 2.41. The lowest BCUT2D eigenvalue weighted by molar-refractivity contribution is 0.311. The number of hydrogen-bond donors (Lipinski definition) is 2. The van der Waals surface area contributed by atoms with Gasteiger partial charge in [0.2, 0.25) is 0 Å². The molecular formula is C8H18N2. The molecule has 0 aromatic carbocycles. The van der Waals surface area contributed by atoms with Crippen molar-refractivity contribution in [1.82, 2.24) is 5.43 Å². The highest BCUT2D eigenvalue weighted by atomic mass is 15.3. The molecule has 1 aliphatic carbocycles. The van der Waals surface area contributed by atoms with Crippen LogP contribution in [0, 0.1) is 0 Å². The molecule has 0 aliphatic heterocycles. The third-order valence-corrected chi connectivity index (χ3v) is 2.60. The first-order chi connectivity index (χ1) is 4.83. The molecule has 1 rings (SSSR count). The number of nitrogens with one attached hydrogen (secondary N) is 1. The van der Waals surface area contributed by atoms with Gasteiger partial charge in [-0.05, 0) is 19.3 Å². The smallest absolute Gasteiger partial charge is 0.0321 e. The van der Waals surface area contributed by atoms with Gasteiger partial charge >= 0.3 is 0 Å². The third-order valence-electron chi connectivity index (χ3n) is 2.60. The van der Waals surface area contributed by atoms with Crippen LogP contribution in [-0.2, 0) is 0 Å². The zero-order valence-corrected chi connectivity index (χ0v) is 6.82. The first-order valence-corrected chi connectivity index (χ1v) is 4.31. The summed E-state index contributed by atoms with van der Waals surface area (Å²) in [6, 6.07) is 0. The van der Waals surface area contributed by atoms with Crippen molar-refractivity contribution >= 4 is 0 Å². The molecule has 0 radical (unpaired) electrons. The van der Waals surface area contributed by atoms with Gasteiger partial charge < -0.3 is 0 Å². The summed E-state index contributed by atoms with van der Waals surface area (Å²) < 4.78 is 0. The monoisotopic (exact) mass is 142 g/mol. The molecular weight excluding hydrogens is 124 g/mol. The highest BCUT2D eigenvalue weighted by Crippen LogP contribution is 2.32. The van der Waals surface area contributed by atoms with Crippen LogP contribution in [0.4, 0.5) is 0 Å². The first-order valence-electron chi connectivity index (χ1n) is 4.31. The van der Waals surface area contributed by atoms with E-state index in [9.17, 15) is 0 Å². The van der Waals surface area contributed by atoms with E-state index in [1.54, 1.807) is 0 Å². The van der Waals surface area contributed by atoms with Crippen LogP contribution in [0.3, 0.4) is 0 Å². The summed E-state index contributed by atoms with van der Waals surface area (Å²) in [6.07, 6.45) is 7.73. The summed E-state index contributed by atoms with van der Waals surface area (Å²) in [7, 11) is 0. The summed E-state index contributed by atoms with van der Waals surface area (Å²) >= 11 is 0. The molecule has 0 aromatic heterocycles. The van der Waals surface area contributed by atoms with Crippen LogP contribution in [0.15, 0.2) is 0 Å². The maximum absolute atomic E-state index is 5.50. The summed E-state index contributed by atoms with van der Waals surface area (Å²) in [6.45, 7) is 2.22. The lowest BCUT2D eigenvalue weighted by Gasteiger charge is -2.27. The summed E-state index contributed by atoms with van der Waals surface area (Å²) in [5.41, 5.74) is 3.29. The fourth-order valence-electron chi connectivity index (χ4n) is 2.00. The van der Waals surface area contributed by atoms with Crippen LogP contribution in [0.5, 0.6) is 0 Å². The molecule has 0 saturated heterocycles. The number of hydrazine groups is 1. The minimum atomic E-state index is 0.314. The van der Waals surface area contributed by atoms with E-state index in [1.807, 2.05) is 0 Å². The van der Waals surface area contributed by atoms with Crippen LogP contribution < -0.4 is 11.3 Å². The molecule has 0 aromatic rings. The minimum Gasteiger partial charge on any atom is -0.271 e. The van der Waals surface area contributed by atoms with Crippen LogP contribution in [-0.4, -0.2) is 5.54 Å². The second-order valence-electron chi connectivity index (χ2n) is 3.38. The standard InChI is InChI=1S/C8H18N2/c1-2-5-8(10-9)6-3-4-7-8/h10H,2-7,9H2,1H3. The van der Waals surface area contributed by atoms with E-state index in [-0.39, 0.29) is 0 Å². The molecule has 1 fully saturated rings. The Hall–Kier alpha value is -0.0800. The van der Waals surface area contributed by atoms with E-state index in [0.29, 0.717) is 5.54 Å². The van der Waals surface area contributed by atoms with Crippen molar-refractivity contribution in [3.8, 4) is 0 Å². The molecule has 0 bridgehead atoms. The van der Waals surface area contributed by atoms with E-state index in [0.717, 1.165) is 0 Å². The molecule has 0 amide bonds. The van der Waals surface area contributed by atoms with E-state index in [4.69, 9.17) is 5.84 Å². The average Bonchev–Trinajstić information content (AvgIpc) is 2.39. The van der Waals surface area contributed by atoms with Gasteiger partial charge in [0.25, 0.3) is 0 Å². The zero-order valence-electron chi connectivity index (χ0n) is 6.82.